The van der Waals surface area contributed by atoms with Gasteiger partial charge in [0.2, 0.25) is 0 Å². The van der Waals surface area contributed by atoms with Crippen LogP contribution in [0.2, 0.25) is 5.02 Å². The molecule has 0 saturated heterocycles. The summed E-state index contributed by atoms with van der Waals surface area (Å²) in [6.45, 7) is 0.134. The Bertz CT molecular complexity index is 560. The lowest BCUT2D eigenvalue weighted by Crippen LogP contribution is -2.25. The minimum atomic E-state index is -0.567. The lowest BCUT2D eigenvalue weighted by Gasteiger charge is -2.26. The topological polar surface area (TPSA) is 64.7 Å². The number of hydrogen-bond donors (Lipinski definition) is 1. The van der Waals surface area contributed by atoms with Gasteiger partial charge in [0.1, 0.15) is 5.54 Å². The van der Waals surface area contributed by atoms with Crippen LogP contribution >= 0.6 is 11.6 Å². The van der Waals surface area contributed by atoms with Crippen LogP contribution in [0.25, 0.3) is 0 Å². The van der Waals surface area contributed by atoms with Crippen LogP contribution in [-0.2, 0) is 15.1 Å². The van der Waals surface area contributed by atoms with Crippen LogP contribution < -0.4 is 5.73 Å². The molecule has 1 atom stereocenters. The van der Waals surface area contributed by atoms with Crippen LogP contribution in [0.15, 0.2) is 53.6 Å². The molecule has 1 aliphatic heterocycles. The molecule has 21 heavy (non-hydrogen) atoms. The molecule has 4 nitrogen and oxygen atoms in total. The number of hydrogen-bond acceptors (Lipinski definition) is 4. The predicted octanol–water partition coefficient (Wildman–Crippen LogP) is 2.62. The maximum absolute atomic E-state index is 11.2. The number of carbonyl (C=O) groups excluding carboxylic acids is 1. The molecule has 1 aromatic rings. The molecule has 1 unspecified atom stereocenters. The van der Waals surface area contributed by atoms with E-state index in [2.05, 4.69) is 4.99 Å². The average Bonchev–Trinajstić information content (AvgIpc) is 2.74. The second-order valence-electron chi connectivity index (χ2n) is 4.63. The van der Waals surface area contributed by atoms with Crippen molar-refractivity contribution in [2.75, 3.05) is 13.2 Å². The van der Waals surface area contributed by atoms with Crippen molar-refractivity contribution in [3.05, 3.63) is 59.2 Å². The second kappa shape index (κ2) is 7.20. The van der Waals surface area contributed by atoms with Gasteiger partial charge in [-0.3, -0.25) is 9.79 Å². The van der Waals surface area contributed by atoms with E-state index in [4.69, 9.17) is 22.1 Å². The first-order valence-electron chi connectivity index (χ1n) is 6.68. The summed E-state index contributed by atoms with van der Waals surface area (Å²) in [6, 6.07) is 7.51. The third kappa shape index (κ3) is 4.03. The fraction of sp³-hybridized carbons (Fsp3) is 0.250. The second-order valence-corrected chi connectivity index (χ2v) is 5.06. The van der Waals surface area contributed by atoms with Gasteiger partial charge in [-0.1, -0.05) is 42.0 Å². The Hall–Kier alpha value is -1.91. The standard InChI is InChI=1S/C16H17ClN2O2/c17-14-6-4-13(5-7-14)16(8-2-1-3-10-19-16)9-11-21-15(20)12-18/h1-8,10H,9,11-12,18H2. The molecule has 110 valence electrons. The SMILES string of the molecule is NCC(=O)OCCC1(c2ccc(Cl)cc2)C=CC=CC=N1. The zero-order valence-corrected chi connectivity index (χ0v) is 12.3. The molecule has 0 bridgehead atoms. The van der Waals surface area contributed by atoms with Gasteiger partial charge in [0.25, 0.3) is 0 Å². The Labute approximate surface area is 129 Å². The number of nitrogens with zero attached hydrogens (tertiary/aromatic N) is 1. The normalized spacial score (nSPS) is 20.3. The molecular formula is C16H17ClN2O2. The van der Waals surface area contributed by atoms with Gasteiger partial charge in [-0.05, 0) is 23.8 Å². The molecule has 0 fully saturated rings. The van der Waals surface area contributed by atoms with E-state index in [9.17, 15) is 4.79 Å². The molecule has 0 aliphatic carbocycles. The summed E-state index contributed by atoms with van der Waals surface area (Å²) in [7, 11) is 0. The van der Waals surface area contributed by atoms with E-state index in [0.29, 0.717) is 11.4 Å². The van der Waals surface area contributed by atoms with Crippen molar-refractivity contribution in [3.8, 4) is 0 Å². The number of carbonyl (C=O) groups is 1. The summed E-state index contributed by atoms with van der Waals surface area (Å²) in [5.41, 5.74) is 5.66. The number of esters is 1. The lowest BCUT2D eigenvalue weighted by molar-refractivity contribution is -0.142. The van der Waals surface area contributed by atoms with Crippen LogP contribution in [0.5, 0.6) is 0 Å². The molecule has 2 N–H and O–H groups in total. The average molecular weight is 305 g/mol. The van der Waals surface area contributed by atoms with Crippen molar-refractivity contribution in [1.29, 1.82) is 0 Å². The zero-order valence-electron chi connectivity index (χ0n) is 11.5. The van der Waals surface area contributed by atoms with E-state index in [-0.39, 0.29) is 13.2 Å². The first-order valence-corrected chi connectivity index (χ1v) is 7.05. The third-order valence-corrected chi connectivity index (χ3v) is 3.49. The molecule has 0 radical (unpaired) electrons. The van der Waals surface area contributed by atoms with E-state index >= 15 is 0 Å². The third-order valence-electron chi connectivity index (χ3n) is 3.24. The monoisotopic (exact) mass is 304 g/mol. The molecule has 1 aliphatic rings. The van der Waals surface area contributed by atoms with Crippen LogP contribution in [-0.4, -0.2) is 25.3 Å². The van der Waals surface area contributed by atoms with Gasteiger partial charge in [0.05, 0.1) is 13.2 Å². The zero-order chi connectivity index (χ0) is 15.1. The fourth-order valence-corrected chi connectivity index (χ4v) is 2.25. The molecule has 1 heterocycles. The molecule has 5 heteroatoms. The molecule has 0 spiro atoms. The lowest BCUT2D eigenvalue weighted by atomic mass is 9.87. The molecule has 2 rings (SSSR count). The maximum atomic E-state index is 11.2. The summed E-state index contributed by atoms with van der Waals surface area (Å²) in [6.07, 6.45) is 9.99. The summed E-state index contributed by atoms with van der Waals surface area (Å²) in [4.78, 5) is 15.8. The van der Waals surface area contributed by atoms with Crippen molar-refractivity contribution < 1.29 is 9.53 Å². The number of nitrogens with two attached hydrogens (primary N) is 1. The van der Waals surface area contributed by atoms with Crippen molar-refractivity contribution >= 4 is 23.8 Å². The van der Waals surface area contributed by atoms with Crippen LogP contribution in [0.1, 0.15) is 12.0 Å². The largest absolute Gasteiger partial charge is 0.465 e. The molecular weight excluding hydrogens is 288 g/mol. The highest BCUT2D eigenvalue weighted by atomic mass is 35.5. The summed E-state index contributed by atoms with van der Waals surface area (Å²) < 4.78 is 5.09. The number of benzene rings is 1. The number of aliphatic imine (C=N–C) groups is 1. The Morgan fingerprint density at radius 3 is 2.71 bits per heavy atom. The van der Waals surface area contributed by atoms with Crippen molar-refractivity contribution in [2.45, 2.75) is 12.0 Å². The van der Waals surface area contributed by atoms with Crippen LogP contribution in [0.3, 0.4) is 0 Å². The maximum Gasteiger partial charge on any atom is 0.319 e. The molecule has 1 aromatic carbocycles. The Morgan fingerprint density at radius 1 is 1.24 bits per heavy atom. The van der Waals surface area contributed by atoms with Gasteiger partial charge in [-0.25, -0.2) is 0 Å². The highest BCUT2D eigenvalue weighted by molar-refractivity contribution is 6.30. The minimum absolute atomic E-state index is 0.116. The highest BCUT2D eigenvalue weighted by Gasteiger charge is 2.28. The van der Waals surface area contributed by atoms with E-state index in [1.54, 1.807) is 6.21 Å². The van der Waals surface area contributed by atoms with Gasteiger partial charge in [-0.2, -0.15) is 0 Å². The summed E-state index contributed by atoms with van der Waals surface area (Å²) >= 11 is 5.94. The summed E-state index contributed by atoms with van der Waals surface area (Å²) in [5.74, 6) is -0.416. The van der Waals surface area contributed by atoms with E-state index < -0.39 is 11.5 Å². The van der Waals surface area contributed by atoms with Crippen molar-refractivity contribution in [3.63, 3.8) is 0 Å². The molecule has 0 aromatic heterocycles. The predicted molar refractivity (Wildman–Crippen MR) is 84.5 cm³/mol. The first kappa shape index (κ1) is 15.5. The van der Waals surface area contributed by atoms with E-state index in [1.807, 2.05) is 48.6 Å². The Kier molecular flexibility index (Phi) is 5.31. The van der Waals surface area contributed by atoms with Crippen molar-refractivity contribution in [1.82, 2.24) is 0 Å². The van der Waals surface area contributed by atoms with E-state index in [0.717, 1.165) is 5.56 Å². The molecule has 0 amide bonds. The number of halogens is 1. The smallest absolute Gasteiger partial charge is 0.319 e. The van der Waals surface area contributed by atoms with Gasteiger partial charge in [-0.15, -0.1) is 0 Å². The fourth-order valence-electron chi connectivity index (χ4n) is 2.13. The number of ether oxygens (including phenoxy) is 1. The number of allylic oxidation sites excluding steroid dienone is 3. The Balaban J connectivity index is 2.23. The first-order chi connectivity index (χ1) is 10.2. The minimum Gasteiger partial charge on any atom is -0.465 e. The van der Waals surface area contributed by atoms with Crippen molar-refractivity contribution in [2.24, 2.45) is 10.7 Å². The van der Waals surface area contributed by atoms with E-state index in [1.165, 1.54) is 0 Å². The number of rotatable bonds is 5. The van der Waals surface area contributed by atoms with Crippen LogP contribution in [0, 0.1) is 0 Å². The van der Waals surface area contributed by atoms with Gasteiger partial charge < -0.3 is 10.5 Å². The quantitative estimate of drug-likeness (QED) is 0.850. The summed E-state index contributed by atoms with van der Waals surface area (Å²) in [5, 5.41) is 0.670. The Morgan fingerprint density at radius 2 is 2.00 bits per heavy atom. The van der Waals surface area contributed by atoms with Gasteiger partial charge >= 0.3 is 5.97 Å². The molecule has 0 saturated carbocycles. The van der Waals surface area contributed by atoms with Gasteiger partial charge in [0, 0.05) is 17.7 Å². The highest BCUT2D eigenvalue weighted by Crippen LogP contribution is 2.33. The van der Waals surface area contributed by atoms with Gasteiger partial charge in [0.15, 0.2) is 0 Å². The van der Waals surface area contributed by atoms with Crippen LogP contribution in [0.4, 0.5) is 0 Å².